The van der Waals surface area contributed by atoms with E-state index < -0.39 is 0 Å². The number of carbonyl (C=O) groups excluding carboxylic acids is 1. The lowest BCUT2D eigenvalue weighted by molar-refractivity contribution is 0.112. The Morgan fingerprint density at radius 1 is 1.00 bits per heavy atom. The minimum Gasteiger partial charge on any atom is -0.298 e. The van der Waals surface area contributed by atoms with Gasteiger partial charge >= 0.3 is 0 Å². The molecule has 3 aromatic rings. The van der Waals surface area contributed by atoms with Gasteiger partial charge in [-0.2, -0.15) is 0 Å². The second kappa shape index (κ2) is 5.61. The van der Waals surface area contributed by atoms with Crippen molar-refractivity contribution in [2.24, 2.45) is 0 Å². The Morgan fingerprint density at radius 3 is 2.43 bits per heavy atom. The first-order valence-corrected chi connectivity index (χ1v) is 7.32. The highest BCUT2D eigenvalue weighted by atomic mass is 32.2. The van der Waals surface area contributed by atoms with Crippen molar-refractivity contribution in [1.29, 1.82) is 0 Å². The van der Waals surface area contributed by atoms with Crippen molar-refractivity contribution in [3.8, 4) is 0 Å². The molecule has 0 atom stereocenters. The predicted octanol–water partition coefficient (Wildman–Crippen LogP) is 3.61. The van der Waals surface area contributed by atoms with Crippen LogP contribution in [-0.4, -0.2) is 21.2 Å². The van der Waals surface area contributed by atoms with Crippen molar-refractivity contribution in [1.82, 2.24) is 15.0 Å². The van der Waals surface area contributed by atoms with E-state index in [0.29, 0.717) is 15.7 Å². The maximum Gasteiger partial charge on any atom is 0.194 e. The molecule has 0 aliphatic rings. The van der Waals surface area contributed by atoms with Gasteiger partial charge in [0.25, 0.3) is 0 Å². The van der Waals surface area contributed by atoms with Gasteiger partial charge in [0.15, 0.2) is 11.4 Å². The number of benzene rings is 1. The van der Waals surface area contributed by atoms with Crippen molar-refractivity contribution in [3.05, 3.63) is 53.3 Å². The van der Waals surface area contributed by atoms with Crippen molar-refractivity contribution in [2.45, 2.75) is 24.0 Å². The summed E-state index contributed by atoms with van der Waals surface area (Å²) in [7, 11) is 0. The number of aryl methyl sites for hydroxylation is 2. The number of hydrogen-bond donors (Lipinski definition) is 0. The van der Waals surface area contributed by atoms with E-state index in [1.165, 1.54) is 11.8 Å². The van der Waals surface area contributed by atoms with Crippen LogP contribution >= 0.6 is 11.8 Å². The average Bonchev–Trinajstić information content (AvgIpc) is 2.45. The van der Waals surface area contributed by atoms with Crippen LogP contribution in [0, 0.1) is 13.8 Å². The Hall–Kier alpha value is -2.27. The topological polar surface area (TPSA) is 55.7 Å². The minimum atomic E-state index is 0.557. The van der Waals surface area contributed by atoms with E-state index in [0.717, 1.165) is 28.6 Å². The summed E-state index contributed by atoms with van der Waals surface area (Å²) in [6.45, 7) is 3.85. The summed E-state index contributed by atoms with van der Waals surface area (Å²) in [5.74, 6) is 0. The molecule has 0 spiro atoms. The second-order valence-corrected chi connectivity index (χ2v) is 5.68. The van der Waals surface area contributed by atoms with Gasteiger partial charge in [-0.25, -0.2) is 15.0 Å². The monoisotopic (exact) mass is 295 g/mol. The molecule has 0 bridgehead atoms. The molecule has 0 saturated carbocycles. The van der Waals surface area contributed by atoms with Crippen molar-refractivity contribution in [2.75, 3.05) is 0 Å². The van der Waals surface area contributed by atoms with Gasteiger partial charge in [0.1, 0.15) is 5.03 Å². The van der Waals surface area contributed by atoms with Crippen LogP contribution in [0.1, 0.15) is 21.7 Å². The number of carbonyl (C=O) groups is 1. The molecule has 3 rings (SSSR count). The van der Waals surface area contributed by atoms with E-state index in [1.54, 1.807) is 0 Å². The zero-order valence-electron chi connectivity index (χ0n) is 11.7. The largest absolute Gasteiger partial charge is 0.298 e. The van der Waals surface area contributed by atoms with Crippen LogP contribution in [0.5, 0.6) is 0 Å². The summed E-state index contributed by atoms with van der Waals surface area (Å²) in [6, 6.07) is 11.5. The Bertz CT molecular complexity index is 813. The van der Waals surface area contributed by atoms with E-state index in [4.69, 9.17) is 0 Å². The number of aromatic nitrogens is 3. The van der Waals surface area contributed by atoms with E-state index >= 15 is 0 Å². The molecule has 0 N–H and O–H groups in total. The first kappa shape index (κ1) is 13.7. The summed E-state index contributed by atoms with van der Waals surface area (Å²) in [4.78, 5) is 24.6. The lowest BCUT2D eigenvalue weighted by Crippen LogP contribution is -1.96. The van der Waals surface area contributed by atoms with E-state index in [9.17, 15) is 4.79 Å². The molecule has 4 nitrogen and oxygen atoms in total. The fraction of sp³-hybridized carbons (Fsp3) is 0.125. The van der Waals surface area contributed by atoms with Crippen LogP contribution in [0.3, 0.4) is 0 Å². The molecule has 0 saturated heterocycles. The highest BCUT2D eigenvalue weighted by molar-refractivity contribution is 7.99. The summed E-state index contributed by atoms with van der Waals surface area (Å²) in [5, 5.41) is 2.19. The molecule has 0 amide bonds. The molecule has 2 aromatic heterocycles. The van der Waals surface area contributed by atoms with Crippen molar-refractivity contribution in [3.63, 3.8) is 0 Å². The number of pyridine rings is 1. The quantitative estimate of drug-likeness (QED) is 0.546. The molecule has 2 heterocycles. The van der Waals surface area contributed by atoms with Crippen LogP contribution in [0.15, 0.2) is 46.6 Å². The second-order valence-electron chi connectivity index (χ2n) is 4.73. The van der Waals surface area contributed by atoms with Gasteiger partial charge in [-0.3, -0.25) is 4.79 Å². The summed E-state index contributed by atoms with van der Waals surface area (Å²) < 4.78 is 0. The van der Waals surface area contributed by atoms with Gasteiger partial charge in [0, 0.05) is 22.3 Å². The third-order valence-corrected chi connectivity index (χ3v) is 3.88. The number of para-hydroxylation sites is 1. The van der Waals surface area contributed by atoms with E-state index in [2.05, 4.69) is 15.0 Å². The molecular weight excluding hydrogens is 282 g/mol. The van der Waals surface area contributed by atoms with Crippen LogP contribution in [0.4, 0.5) is 0 Å². The van der Waals surface area contributed by atoms with E-state index in [1.807, 2.05) is 50.2 Å². The zero-order chi connectivity index (χ0) is 14.8. The molecule has 5 heteroatoms. The first-order valence-electron chi connectivity index (χ1n) is 6.51. The number of rotatable bonds is 3. The van der Waals surface area contributed by atoms with Gasteiger partial charge < -0.3 is 0 Å². The third kappa shape index (κ3) is 2.92. The van der Waals surface area contributed by atoms with Crippen LogP contribution in [0.25, 0.3) is 10.9 Å². The Kier molecular flexibility index (Phi) is 3.66. The molecule has 0 radical (unpaired) electrons. The number of nitrogens with zero attached hydrogens (tertiary/aromatic N) is 3. The molecule has 0 fully saturated rings. The van der Waals surface area contributed by atoms with Crippen molar-refractivity contribution >= 4 is 29.0 Å². The highest BCUT2D eigenvalue weighted by Crippen LogP contribution is 2.28. The molecule has 104 valence electrons. The number of fused-ring (bicyclic) bond motifs is 1. The van der Waals surface area contributed by atoms with Gasteiger partial charge in [0.05, 0.1) is 5.52 Å². The van der Waals surface area contributed by atoms with E-state index in [-0.39, 0.29) is 0 Å². The Balaban J connectivity index is 2.08. The first-order chi connectivity index (χ1) is 10.2. The normalized spacial score (nSPS) is 10.8. The molecular formula is C16H13N3OS. The summed E-state index contributed by atoms with van der Waals surface area (Å²) in [5.41, 5.74) is 3.22. The van der Waals surface area contributed by atoms with Gasteiger partial charge in [-0.05, 0) is 43.8 Å². The highest BCUT2D eigenvalue weighted by Gasteiger charge is 2.10. The molecule has 0 unspecified atom stereocenters. The average molecular weight is 295 g/mol. The fourth-order valence-corrected chi connectivity index (χ4v) is 3.03. The fourth-order valence-electron chi connectivity index (χ4n) is 2.11. The molecule has 21 heavy (non-hydrogen) atoms. The summed E-state index contributed by atoms with van der Waals surface area (Å²) >= 11 is 1.32. The standard InChI is InChI=1S/C16H13N3OS/c1-10-7-11(2)18-16(17-10)21-15-13(9-20)8-12-5-3-4-6-14(12)19-15/h3-9H,1-2H3. The molecule has 0 aliphatic heterocycles. The van der Waals surface area contributed by atoms with Crippen LogP contribution < -0.4 is 0 Å². The van der Waals surface area contributed by atoms with Crippen LogP contribution in [0.2, 0.25) is 0 Å². The van der Waals surface area contributed by atoms with Crippen LogP contribution in [-0.2, 0) is 0 Å². The molecule has 1 aromatic carbocycles. The van der Waals surface area contributed by atoms with Gasteiger partial charge in [-0.1, -0.05) is 18.2 Å². The summed E-state index contributed by atoms with van der Waals surface area (Å²) in [6.07, 6.45) is 0.824. The Morgan fingerprint density at radius 2 is 1.71 bits per heavy atom. The molecule has 0 aliphatic carbocycles. The number of hydrogen-bond acceptors (Lipinski definition) is 5. The smallest absolute Gasteiger partial charge is 0.194 e. The van der Waals surface area contributed by atoms with Gasteiger partial charge in [0.2, 0.25) is 0 Å². The van der Waals surface area contributed by atoms with Gasteiger partial charge in [-0.15, -0.1) is 0 Å². The predicted molar refractivity (Wildman–Crippen MR) is 82.8 cm³/mol. The minimum absolute atomic E-state index is 0.557. The zero-order valence-corrected chi connectivity index (χ0v) is 12.5. The maximum atomic E-state index is 11.3. The lowest BCUT2D eigenvalue weighted by atomic mass is 10.2. The Labute approximate surface area is 126 Å². The third-order valence-electron chi connectivity index (χ3n) is 2.99. The number of aldehydes is 1. The maximum absolute atomic E-state index is 11.3. The van der Waals surface area contributed by atoms with Crippen molar-refractivity contribution < 1.29 is 4.79 Å². The lowest BCUT2D eigenvalue weighted by Gasteiger charge is -2.06. The SMILES string of the molecule is Cc1cc(C)nc(Sc2nc3ccccc3cc2C=O)n1.